The van der Waals surface area contributed by atoms with E-state index in [0.29, 0.717) is 12.3 Å². The number of rotatable bonds is 0. The van der Waals surface area contributed by atoms with Crippen molar-refractivity contribution in [1.29, 1.82) is 0 Å². The number of carbonyl (C=O) groups excluding carboxylic acids is 1. The highest BCUT2D eigenvalue weighted by atomic mass is 16.5. The Balaban J connectivity index is 1.90. The summed E-state index contributed by atoms with van der Waals surface area (Å²) in [5, 5.41) is 0. The van der Waals surface area contributed by atoms with E-state index in [2.05, 4.69) is 16.8 Å². The van der Waals surface area contributed by atoms with Crippen LogP contribution in [0.5, 0.6) is 0 Å². The van der Waals surface area contributed by atoms with Gasteiger partial charge in [0, 0.05) is 13.5 Å². The molecule has 1 fully saturated rings. The molecule has 0 bridgehead atoms. The lowest BCUT2D eigenvalue weighted by atomic mass is 10.1. The summed E-state index contributed by atoms with van der Waals surface area (Å²) in [4.78, 5) is 18.0. The molecule has 3 rings (SSSR count). The average molecular weight is 256 g/mol. The van der Waals surface area contributed by atoms with Gasteiger partial charge in [-0.15, -0.1) is 0 Å². The van der Waals surface area contributed by atoms with Crippen molar-refractivity contribution in [2.24, 2.45) is 5.92 Å². The molecule has 0 N–H and O–H groups in total. The van der Waals surface area contributed by atoms with Crippen LogP contribution in [0.4, 0.5) is 5.82 Å². The fraction of sp³-hybridized carbons (Fsp3) is 0.467. The fourth-order valence-electron chi connectivity index (χ4n) is 2.24. The van der Waals surface area contributed by atoms with Crippen LogP contribution in [0.1, 0.15) is 24.1 Å². The summed E-state index contributed by atoms with van der Waals surface area (Å²) in [5.41, 5.74) is 1.86. The van der Waals surface area contributed by atoms with Crippen molar-refractivity contribution >= 4 is 11.7 Å². The summed E-state index contributed by atoms with van der Waals surface area (Å²) in [6.45, 7) is 1.44. The number of pyridine rings is 1. The molecular weight excluding hydrogens is 240 g/mol. The highest BCUT2D eigenvalue weighted by Crippen LogP contribution is 2.24. The lowest BCUT2D eigenvalue weighted by Gasteiger charge is -2.20. The number of anilines is 1. The molecule has 0 unspecified atom stereocenters. The predicted molar refractivity (Wildman–Crippen MR) is 71.8 cm³/mol. The number of amides is 1. The zero-order chi connectivity index (χ0) is 13.2. The van der Waals surface area contributed by atoms with Gasteiger partial charge in [0.15, 0.2) is 0 Å². The molecule has 1 amide bonds. The number of nitrogens with zero attached hydrogens (tertiary/aromatic N) is 2. The van der Waals surface area contributed by atoms with Crippen molar-refractivity contribution in [3.63, 3.8) is 0 Å². The van der Waals surface area contributed by atoms with Crippen molar-refractivity contribution in [1.82, 2.24) is 4.98 Å². The Morgan fingerprint density at radius 1 is 1.37 bits per heavy atom. The Morgan fingerprint density at radius 2 is 2.21 bits per heavy atom. The fourth-order valence-corrected chi connectivity index (χ4v) is 2.24. The molecular formula is C15H16N2O2. The number of hydrogen-bond acceptors (Lipinski definition) is 3. The van der Waals surface area contributed by atoms with Gasteiger partial charge in [-0.2, -0.15) is 0 Å². The van der Waals surface area contributed by atoms with Crippen molar-refractivity contribution in [2.75, 3.05) is 25.2 Å². The van der Waals surface area contributed by atoms with Crippen LogP contribution in [0.3, 0.4) is 0 Å². The first-order chi connectivity index (χ1) is 9.24. The lowest BCUT2D eigenvalue weighted by molar-refractivity contribution is -0.118. The Labute approximate surface area is 112 Å². The smallest absolute Gasteiger partial charge is 0.227 e. The first kappa shape index (κ1) is 12.2. The van der Waals surface area contributed by atoms with Crippen molar-refractivity contribution < 1.29 is 9.53 Å². The van der Waals surface area contributed by atoms with Gasteiger partial charge in [-0.05, 0) is 30.4 Å². The summed E-state index contributed by atoms with van der Waals surface area (Å²) in [5.74, 6) is 7.44. The Hall–Kier alpha value is -1.86. The van der Waals surface area contributed by atoms with Gasteiger partial charge >= 0.3 is 0 Å². The van der Waals surface area contributed by atoms with Crippen LogP contribution in [-0.4, -0.2) is 31.2 Å². The molecule has 0 radical (unpaired) electrons. The maximum Gasteiger partial charge on any atom is 0.227 e. The topological polar surface area (TPSA) is 42.4 Å². The second-order valence-electron chi connectivity index (χ2n) is 4.99. The number of ether oxygens (including phenoxy) is 1. The normalized spacial score (nSPS) is 19.0. The van der Waals surface area contributed by atoms with Gasteiger partial charge in [0.25, 0.3) is 0 Å². The largest absolute Gasteiger partial charge is 0.379 e. The Bertz CT molecular complexity index is 567. The average Bonchev–Trinajstić information content (AvgIpc) is 2.49. The molecule has 0 spiro atoms. The third kappa shape index (κ3) is 2.47. The van der Waals surface area contributed by atoms with Gasteiger partial charge in [0.05, 0.1) is 19.1 Å². The molecule has 1 aromatic rings. The molecule has 0 atom stereocenters. The van der Waals surface area contributed by atoms with E-state index in [9.17, 15) is 4.79 Å². The van der Waals surface area contributed by atoms with E-state index < -0.39 is 0 Å². The molecule has 98 valence electrons. The first-order valence-corrected chi connectivity index (χ1v) is 6.60. The molecule has 1 aromatic heterocycles. The van der Waals surface area contributed by atoms with Crippen LogP contribution < -0.4 is 4.90 Å². The minimum atomic E-state index is 0.128. The van der Waals surface area contributed by atoms with E-state index in [1.807, 2.05) is 12.1 Å². The number of fused-ring (bicyclic) bond motifs is 1. The van der Waals surface area contributed by atoms with Crippen LogP contribution in [0.25, 0.3) is 0 Å². The molecule has 1 saturated heterocycles. The highest BCUT2D eigenvalue weighted by Gasteiger charge is 2.20. The third-order valence-corrected chi connectivity index (χ3v) is 3.53. The minimum absolute atomic E-state index is 0.128. The van der Waals surface area contributed by atoms with Crippen molar-refractivity contribution in [3.8, 4) is 11.8 Å². The molecule has 0 saturated carbocycles. The van der Waals surface area contributed by atoms with Gasteiger partial charge in [-0.3, -0.25) is 9.69 Å². The summed E-state index contributed by atoms with van der Waals surface area (Å²) in [6.07, 6.45) is 2.39. The first-order valence-electron chi connectivity index (χ1n) is 6.60. The van der Waals surface area contributed by atoms with Gasteiger partial charge in [0.1, 0.15) is 11.5 Å². The SMILES string of the molecule is CN1C(=O)CCCc2ccc(C#CC3COC3)nc21. The number of carbonyl (C=O) groups is 1. The van der Waals surface area contributed by atoms with Crippen LogP contribution >= 0.6 is 0 Å². The van der Waals surface area contributed by atoms with Crippen LogP contribution in [0.15, 0.2) is 12.1 Å². The molecule has 0 aliphatic carbocycles. The van der Waals surface area contributed by atoms with Crippen LogP contribution in [0, 0.1) is 17.8 Å². The van der Waals surface area contributed by atoms with E-state index in [0.717, 1.165) is 43.1 Å². The van der Waals surface area contributed by atoms with Gasteiger partial charge in [-0.1, -0.05) is 12.0 Å². The van der Waals surface area contributed by atoms with Gasteiger partial charge in [0.2, 0.25) is 5.91 Å². The Morgan fingerprint density at radius 3 is 2.95 bits per heavy atom. The Kier molecular flexibility index (Phi) is 3.22. The third-order valence-electron chi connectivity index (χ3n) is 3.53. The van der Waals surface area contributed by atoms with Crippen LogP contribution in [-0.2, 0) is 16.0 Å². The zero-order valence-corrected chi connectivity index (χ0v) is 11.0. The molecule has 4 heteroatoms. The van der Waals surface area contributed by atoms with Crippen molar-refractivity contribution in [2.45, 2.75) is 19.3 Å². The molecule has 3 heterocycles. The molecule has 2 aliphatic rings. The molecule has 4 nitrogen and oxygen atoms in total. The summed E-state index contributed by atoms with van der Waals surface area (Å²) in [7, 11) is 1.79. The molecule has 0 aromatic carbocycles. The summed E-state index contributed by atoms with van der Waals surface area (Å²) < 4.78 is 5.09. The second kappa shape index (κ2) is 5.02. The summed E-state index contributed by atoms with van der Waals surface area (Å²) >= 11 is 0. The maximum absolute atomic E-state index is 11.8. The highest BCUT2D eigenvalue weighted by molar-refractivity contribution is 5.93. The van der Waals surface area contributed by atoms with E-state index in [1.165, 1.54) is 0 Å². The van der Waals surface area contributed by atoms with Crippen molar-refractivity contribution in [3.05, 3.63) is 23.4 Å². The van der Waals surface area contributed by atoms with Gasteiger partial charge < -0.3 is 4.74 Å². The zero-order valence-electron chi connectivity index (χ0n) is 11.0. The minimum Gasteiger partial charge on any atom is -0.379 e. The number of aromatic nitrogens is 1. The summed E-state index contributed by atoms with van der Waals surface area (Å²) in [6, 6.07) is 3.98. The van der Waals surface area contributed by atoms with Crippen LogP contribution in [0.2, 0.25) is 0 Å². The van der Waals surface area contributed by atoms with E-state index >= 15 is 0 Å². The van der Waals surface area contributed by atoms with E-state index in [4.69, 9.17) is 4.74 Å². The number of hydrogen-bond donors (Lipinski definition) is 0. The monoisotopic (exact) mass is 256 g/mol. The van der Waals surface area contributed by atoms with E-state index in [-0.39, 0.29) is 5.91 Å². The standard InChI is InChI=1S/C15H16N2O2/c1-17-14(18)4-2-3-12-6-8-13(16-15(12)17)7-5-11-9-19-10-11/h6,8,11H,2-4,9-10H2,1H3. The molecule has 19 heavy (non-hydrogen) atoms. The van der Waals surface area contributed by atoms with Gasteiger partial charge in [-0.25, -0.2) is 4.98 Å². The predicted octanol–water partition coefficient (Wildman–Crippen LogP) is 1.38. The number of aryl methyl sites for hydroxylation is 1. The lowest BCUT2D eigenvalue weighted by Crippen LogP contribution is -2.26. The second-order valence-corrected chi connectivity index (χ2v) is 4.99. The quantitative estimate of drug-likeness (QED) is 0.659. The molecule has 2 aliphatic heterocycles. The maximum atomic E-state index is 11.8. The van der Waals surface area contributed by atoms with E-state index in [1.54, 1.807) is 11.9 Å².